The average molecular weight is 247 g/mol. The van der Waals surface area contributed by atoms with E-state index < -0.39 is 6.10 Å². The summed E-state index contributed by atoms with van der Waals surface area (Å²) in [5, 5.41) is 11.8. The van der Waals surface area contributed by atoms with E-state index in [1.165, 1.54) is 0 Å². The Labute approximate surface area is 107 Å². The fraction of sp³-hybridized carbons (Fsp3) is 0.357. The summed E-state index contributed by atoms with van der Waals surface area (Å²) in [5.41, 5.74) is 1.68. The summed E-state index contributed by atoms with van der Waals surface area (Å²) in [6.07, 6.45) is 4.39. The Bertz CT molecular complexity index is 463. The fourth-order valence-electron chi connectivity index (χ4n) is 1.47. The predicted molar refractivity (Wildman–Crippen MR) is 69.0 cm³/mol. The molecule has 96 valence electrons. The summed E-state index contributed by atoms with van der Waals surface area (Å²) >= 11 is 0. The smallest absolute Gasteiger partial charge is 0.261 e. The van der Waals surface area contributed by atoms with Crippen LogP contribution in [0.15, 0.2) is 18.2 Å². The standard InChI is InChI=1S/C14H17NO3/c1-4-7-15-14(17)11(3)18-13-6-5-10(2)8-12(13)9-16/h1,5-6,8,11,16H,7,9H2,2-3H3,(H,15,17). The van der Waals surface area contributed by atoms with Gasteiger partial charge >= 0.3 is 0 Å². The van der Waals surface area contributed by atoms with Gasteiger partial charge in [-0.05, 0) is 19.9 Å². The van der Waals surface area contributed by atoms with Gasteiger partial charge in [0.25, 0.3) is 5.91 Å². The molecule has 2 N–H and O–H groups in total. The third-order valence-electron chi connectivity index (χ3n) is 2.42. The van der Waals surface area contributed by atoms with Crippen LogP contribution in [0, 0.1) is 19.3 Å². The van der Waals surface area contributed by atoms with Gasteiger partial charge in [-0.15, -0.1) is 6.42 Å². The number of carbonyl (C=O) groups is 1. The van der Waals surface area contributed by atoms with Crippen LogP contribution in [0.4, 0.5) is 0 Å². The third-order valence-corrected chi connectivity index (χ3v) is 2.42. The first kappa shape index (κ1) is 14.1. The molecule has 4 nitrogen and oxygen atoms in total. The highest BCUT2D eigenvalue weighted by molar-refractivity contribution is 5.80. The molecule has 0 bridgehead atoms. The number of aliphatic hydroxyl groups excluding tert-OH is 1. The molecule has 0 saturated carbocycles. The van der Waals surface area contributed by atoms with Gasteiger partial charge in [0.1, 0.15) is 5.75 Å². The van der Waals surface area contributed by atoms with E-state index in [9.17, 15) is 9.90 Å². The zero-order chi connectivity index (χ0) is 13.5. The number of hydrogen-bond donors (Lipinski definition) is 2. The minimum absolute atomic E-state index is 0.129. The SMILES string of the molecule is C#CCNC(=O)C(C)Oc1ccc(C)cc1CO. The Morgan fingerprint density at radius 1 is 1.61 bits per heavy atom. The van der Waals surface area contributed by atoms with Gasteiger partial charge in [-0.3, -0.25) is 4.79 Å². The van der Waals surface area contributed by atoms with E-state index >= 15 is 0 Å². The van der Waals surface area contributed by atoms with E-state index in [2.05, 4.69) is 11.2 Å². The van der Waals surface area contributed by atoms with E-state index in [0.717, 1.165) is 5.56 Å². The number of rotatable bonds is 5. The maximum Gasteiger partial charge on any atom is 0.261 e. The van der Waals surface area contributed by atoms with Crippen LogP contribution >= 0.6 is 0 Å². The topological polar surface area (TPSA) is 58.6 Å². The van der Waals surface area contributed by atoms with Gasteiger partial charge in [-0.25, -0.2) is 0 Å². The number of aryl methyl sites for hydroxylation is 1. The minimum Gasteiger partial charge on any atom is -0.481 e. The van der Waals surface area contributed by atoms with E-state index in [-0.39, 0.29) is 19.1 Å². The predicted octanol–water partition coefficient (Wildman–Crippen LogP) is 1.00. The lowest BCUT2D eigenvalue weighted by Gasteiger charge is -2.16. The summed E-state index contributed by atoms with van der Waals surface area (Å²) in [7, 11) is 0. The first-order valence-corrected chi connectivity index (χ1v) is 5.66. The lowest BCUT2D eigenvalue weighted by atomic mass is 10.1. The van der Waals surface area contributed by atoms with E-state index in [1.807, 2.05) is 19.1 Å². The van der Waals surface area contributed by atoms with Crippen molar-refractivity contribution < 1.29 is 14.6 Å². The number of benzene rings is 1. The fourth-order valence-corrected chi connectivity index (χ4v) is 1.47. The Kier molecular flexibility index (Phi) is 5.22. The molecule has 0 aliphatic rings. The molecule has 0 aromatic heterocycles. The maximum absolute atomic E-state index is 11.6. The second-order valence-electron chi connectivity index (χ2n) is 3.95. The molecule has 1 rings (SSSR count). The first-order valence-electron chi connectivity index (χ1n) is 5.66. The molecule has 1 aromatic rings. The Hall–Kier alpha value is -1.99. The summed E-state index contributed by atoms with van der Waals surface area (Å²) in [5.74, 6) is 2.55. The normalized spacial score (nSPS) is 11.4. The maximum atomic E-state index is 11.6. The summed E-state index contributed by atoms with van der Waals surface area (Å²) in [4.78, 5) is 11.6. The van der Waals surface area contributed by atoms with Crippen molar-refractivity contribution in [1.29, 1.82) is 0 Å². The number of aliphatic hydroxyl groups is 1. The van der Waals surface area contributed by atoms with Crippen LogP contribution in [0.2, 0.25) is 0 Å². The molecule has 0 radical (unpaired) electrons. The van der Waals surface area contributed by atoms with Crippen molar-refractivity contribution in [1.82, 2.24) is 5.32 Å². The van der Waals surface area contributed by atoms with E-state index in [4.69, 9.17) is 11.2 Å². The largest absolute Gasteiger partial charge is 0.481 e. The lowest BCUT2D eigenvalue weighted by molar-refractivity contribution is -0.127. The van der Waals surface area contributed by atoms with Crippen LogP contribution in [0.5, 0.6) is 5.75 Å². The molecular formula is C14H17NO3. The molecule has 1 amide bonds. The van der Waals surface area contributed by atoms with Crippen LogP contribution in [0.25, 0.3) is 0 Å². The first-order chi connectivity index (χ1) is 8.58. The van der Waals surface area contributed by atoms with Gasteiger partial charge in [-0.1, -0.05) is 23.6 Å². The monoisotopic (exact) mass is 247 g/mol. The van der Waals surface area contributed by atoms with Gasteiger partial charge in [0.15, 0.2) is 6.10 Å². The summed E-state index contributed by atoms with van der Waals surface area (Å²) in [6.45, 7) is 3.60. The number of nitrogens with one attached hydrogen (secondary N) is 1. The molecule has 1 aromatic carbocycles. The molecular weight excluding hydrogens is 230 g/mol. The molecule has 1 atom stereocenters. The lowest BCUT2D eigenvalue weighted by Crippen LogP contribution is -2.36. The number of hydrogen-bond acceptors (Lipinski definition) is 3. The van der Waals surface area contributed by atoms with E-state index in [0.29, 0.717) is 11.3 Å². The van der Waals surface area contributed by atoms with Crippen LogP contribution in [0.1, 0.15) is 18.1 Å². The van der Waals surface area contributed by atoms with Gasteiger partial charge in [0, 0.05) is 5.56 Å². The second-order valence-corrected chi connectivity index (χ2v) is 3.95. The van der Waals surface area contributed by atoms with Crippen molar-refractivity contribution in [3.8, 4) is 18.1 Å². The van der Waals surface area contributed by atoms with Gasteiger partial charge < -0.3 is 15.2 Å². The molecule has 0 spiro atoms. The molecule has 1 unspecified atom stereocenters. The number of carbonyl (C=O) groups excluding carboxylic acids is 1. The third kappa shape index (κ3) is 3.79. The second kappa shape index (κ2) is 6.67. The van der Waals surface area contributed by atoms with Crippen molar-refractivity contribution in [3.05, 3.63) is 29.3 Å². The number of amides is 1. The number of terminal acetylenes is 1. The highest BCUT2D eigenvalue weighted by Gasteiger charge is 2.15. The Morgan fingerprint density at radius 2 is 2.33 bits per heavy atom. The van der Waals surface area contributed by atoms with Gasteiger partial charge in [0.2, 0.25) is 0 Å². The van der Waals surface area contributed by atoms with Crippen LogP contribution < -0.4 is 10.1 Å². The summed E-state index contributed by atoms with van der Waals surface area (Å²) < 4.78 is 5.51. The Morgan fingerprint density at radius 3 is 2.94 bits per heavy atom. The zero-order valence-corrected chi connectivity index (χ0v) is 10.6. The quantitative estimate of drug-likeness (QED) is 0.763. The summed E-state index contributed by atoms with van der Waals surface area (Å²) in [6, 6.07) is 5.42. The molecule has 4 heteroatoms. The minimum atomic E-state index is -0.661. The van der Waals surface area contributed by atoms with E-state index in [1.54, 1.807) is 13.0 Å². The van der Waals surface area contributed by atoms with Crippen LogP contribution in [-0.2, 0) is 11.4 Å². The number of ether oxygens (including phenoxy) is 1. The molecule has 0 aliphatic carbocycles. The molecule has 0 saturated heterocycles. The van der Waals surface area contributed by atoms with Crippen LogP contribution in [0.3, 0.4) is 0 Å². The molecule has 0 aliphatic heterocycles. The van der Waals surface area contributed by atoms with Crippen LogP contribution in [-0.4, -0.2) is 23.7 Å². The zero-order valence-electron chi connectivity index (χ0n) is 10.6. The highest BCUT2D eigenvalue weighted by atomic mass is 16.5. The molecule has 0 heterocycles. The van der Waals surface area contributed by atoms with Gasteiger partial charge in [0.05, 0.1) is 13.2 Å². The van der Waals surface area contributed by atoms with Crippen molar-refractivity contribution in [2.75, 3.05) is 6.54 Å². The van der Waals surface area contributed by atoms with Gasteiger partial charge in [-0.2, -0.15) is 0 Å². The Balaban J connectivity index is 2.72. The van der Waals surface area contributed by atoms with Crippen molar-refractivity contribution in [3.63, 3.8) is 0 Å². The average Bonchev–Trinajstić information content (AvgIpc) is 2.37. The molecule has 18 heavy (non-hydrogen) atoms. The van der Waals surface area contributed by atoms with Crippen molar-refractivity contribution in [2.24, 2.45) is 0 Å². The highest BCUT2D eigenvalue weighted by Crippen LogP contribution is 2.21. The van der Waals surface area contributed by atoms with Crippen molar-refractivity contribution >= 4 is 5.91 Å². The van der Waals surface area contributed by atoms with Crippen molar-refractivity contribution in [2.45, 2.75) is 26.6 Å². The molecule has 0 fully saturated rings.